The smallest absolute Gasteiger partial charge is 0.0697 e. The third kappa shape index (κ3) is 3.57. The average molecular weight is 180 g/mol. The maximum atomic E-state index is 8.52. The lowest BCUT2D eigenvalue weighted by atomic mass is 10.0. The van der Waals surface area contributed by atoms with Crippen LogP contribution in [0.15, 0.2) is 30.3 Å². The van der Waals surface area contributed by atoms with Gasteiger partial charge in [0.05, 0.1) is 19.8 Å². The van der Waals surface area contributed by atoms with Crippen molar-refractivity contribution in [1.82, 2.24) is 0 Å². The van der Waals surface area contributed by atoms with E-state index in [-0.39, 0.29) is 6.61 Å². The Balaban J connectivity index is 2.35. The molecule has 0 fully saturated rings. The Morgan fingerprint density at radius 2 is 2.00 bits per heavy atom. The molecule has 1 N–H and O–H groups in total. The molecule has 1 aromatic carbocycles. The molecule has 1 atom stereocenters. The molecule has 2 heteroatoms. The lowest BCUT2D eigenvalue weighted by Crippen LogP contribution is -2.07. The zero-order valence-electron chi connectivity index (χ0n) is 7.94. The Labute approximate surface area is 79.2 Å². The molecule has 0 aliphatic rings. The van der Waals surface area contributed by atoms with Crippen molar-refractivity contribution < 1.29 is 9.84 Å². The van der Waals surface area contributed by atoms with Crippen molar-refractivity contribution in [2.45, 2.75) is 12.8 Å². The third-order valence-corrected chi connectivity index (χ3v) is 1.97. The number of ether oxygens (including phenoxy) is 1. The van der Waals surface area contributed by atoms with Gasteiger partial charge in [0.25, 0.3) is 0 Å². The normalized spacial score (nSPS) is 12.8. The van der Waals surface area contributed by atoms with Gasteiger partial charge in [-0.3, -0.25) is 0 Å². The number of hydrogen-bond donors (Lipinski definition) is 1. The van der Waals surface area contributed by atoms with Crippen LogP contribution < -0.4 is 0 Å². The highest BCUT2D eigenvalue weighted by Crippen LogP contribution is 2.14. The van der Waals surface area contributed by atoms with E-state index in [0.29, 0.717) is 19.1 Å². The maximum absolute atomic E-state index is 8.52. The second kappa shape index (κ2) is 5.73. The Hall–Kier alpha value is -0.860. The van der Waals surface area contributed by atoms with E-state index in [1.54, 1.807) is 0 Å². The van der Waals surface area contributed by atoms with Crippen LogP contribution in [0.1, 0.15) is 18.4 Å². The van der Waals surface area contributed by atoms with Crippen LogP contribution in [-0.4, -0.2) is 24.9 Å². The van der Waals surface area contributed by atoms with E-state index >= 15 is 0 Å². The van der Waals surface area contributed by atoms with Gasteiger partial charge in [-0.1, -0.05) is 37.3 Å². The highest BCUT2D eigenvalue weighted by atomic mass is 16.5. The van der Waals surface area contributed by atoms with Crippen molar-refractivity contribution in [3.8, 4) is 0 Å². The van der Waals surface area contributed by atoms with Gasteiger partial charge in [0.15, 0.2) is 0 Å². The minimum Gasteiger partial charge on any atom is -0.394 e. The number of hydrogen-bond acceptors (Lipinski definition) is 2. The molecule has 0 amide bonds. The van der Waals surface area contributed by atoms with Gasteiger partial charge in [-0.2, -0.15) is 0 Å². The molecule has 0 saturated carbocycles. The van der Waals surface area contributed by atoms with Crippen molar-refractivity contribution in [1.29, 1.82) is 0 Å². The maximum Gasteiger partial charge on any atom is 0.0697 e. The van der Waals surface area contributed by atoms with Crippen molar-refractivity contribution in [3.05, 3.63) is 35.9 Å². The zero-order valence-corrected chi connectivity index (χ0v) is 7.94. The molecular formula is C11H16O2. The molecule has 0 bridgehead atoms. The van der Waals surface area contributed by atoms with Crippen LogP contribution in [0.5, 0.6) is 0 Å². The Kier molecular flexibility index (Phi) is 4.50. The molecule has 0 radical (unpaired) electrons. The Morgan fingerprint density at radius 3 is 2.62 bits per heavy atom. The second-order valence-electron chi connectivity index (χ2n) is 3.11. The first-order valence-electron chi connectivity index (χ1n) is 4.58. The summed E-state index contributed by atoms with van der Waals surface area (Å²) in [7, 11) is 0. The summed E-state index contributed by atoms with van der Waals surface area (Å²) >= 11 is 0. The lowest BCUT2D eigenvalue weighted by molar-refractivity contribution is 0.0849. The van der Waals surface area contributed by atoms with Gasteiger partial charge in [-0.25, -0.2) is 0 Å². The summed E-state index contributed by atoms with van der Waals surface area (Å²) in [6, 6.07) is 10.2. The fraction of sp³-hybridized carbons (Fsp3) is 0.455. The topological polar surface area (TPSA) is 29.5 Å². The largest absolute Gasteiger partial charge is 0.394 e. The molecule has 0 spiro atoms. The van der Waals surface area contributed by atoms with Gasteiger partial charge in [0, 0.05) is 5.92 Å². The highest BCUT2D eigenvalue weighted by molar-refractivity contribution is 5.18. The Morgan fingerprint density at radius 1 is 1.31 bits per heavy atom. The summed E-state index contributed by atoms with van der Waals surface area (Å²) in [5.74, 6) is 0.396. The molecule has 0 aliphatic carbocycles. The van der Waals surface area contributed by atoms with Gasteiger partial charge in [0.2, 0.25) is 0 Å². The first-order valence-corrected chi connectivity index (χ1v) is 4.58. The summed E-state index contributed by atoms with van der Waals surface area (Å²) in [4.78, 5) is 0. The quantitative estimate of drug-likeness (QED) is 0.700. The van der Waals surface area contributed by atoms with Crippen LogP contribution in [0, 0.1) is 0 Å². The SMILES string of the molecule is CC(COCCO)c1ccccc1. The molecule has 13 heavy (non-hydrogen) atoms. The van der Waals surface area contributed by atoms with E-state index in [4.69, 9.17) is 9.84 Å². The highest BCUT2D eigenvalue weighted by Gasteiger charge is 2.03. The summed E-state index contributed by atoms with van der Waals surface area (Å²) in [5, 5.41) is 8.52. The van der Waals surface area contributed by atoms with Crippen molar-refractivity contribution in [2.24, 2.45) is 0 Å². The van der Waals surface area contributed by atoms with E-state index in [0.717, 1.165) is 0 Å². The number of aliphatic hydroxyl groups excluding tert-OH is 1. The molecule has 1 aromatic rings. The van der Waals surface area contributed by atoms with Crippen LogP contribution in [0.2, 0.25) is 0 Å². The second-order valence-corrected chi connectivity index (χ2v) is 3.11. The van der Waals surface area contributed by atoms with Gasteiger partial charge in [0.1, 0.15) is 0 Å². The molecule has 0 aromatic heterocycles. The van der Waals surface area contributed by atoms with Crippen LogP contribution in [0.4, 0.5) is 0 Å². The van der Waals surface area contributed by atoms with Crippen LogP contribution in [0.3, 0.4) is 0 Å². The zero-order chi connectivity index (χ0) is 9.52. The van der Waals surface area contributed by atoms with Gasteiger partial charge in [-0.15, -0.1) is 0 Å². The molecule has 1 rings (SSSR count). The van der Waals surface area contributed by atoms with E-state index in [1.165, 1.54) is 5.56 Å². The Bertz CT molecular complexity index is 221. The number of rotatable bonds is 5. The summed E-state index contributed by atoms with van der Waals surface area (Å²) in [5.41, 5.74) is 1.28. The van der Waals surface area contributed by atoms with E-state index in [1.807, 2.05) is 18.2 Å². The first-order chi connectivity index (χ1) is 6.34. The van der Waals surface area contributed by atoms with E-state index in [2.05, 4.69) is 19.1 Å². The molecule has 1 unspecified atom stereocenters. The van der Waals surface area contributed by atoms with Gasteiger partial charge >= 0.3 is 0 Å². The summed E-state index contributed by atoms with van der Waals surface area (Å²) < 4.78 is 5.25. The number of benzene rings is 1. The average Bonchev–Trinajstić information content (AvgIpc) is 2.19. The predicted molar refractivity (Wildman–Crippen MR) is 52.8 cm³/mol. The molecule has 0 heterocycles. The van der Waals surface area contributed by atoms with Crippen molar-refractivity contribution in [3.63, 3.8) is 0 Å². The monoisotopic (exact) mass is 180 g/mol. The molecule has 2 nitrogen and oxygen atoms in total. The van der Waals surface area contributed by atoms with Gasteiger partial charge in [-0.05, 0) is 5.56 Å². The summed E-state index contributed by atoms with van der Waals surface area (Å²) in [6.07, 6.45) is 0. The number of aliphatic hydroxyl groups is 1. The predicted octanol–water partition coefficient (Wildman–Crippen LogP) is 1.80. The third-order valence-electron chi connectivity index (χ3n) is 1.97. The van der Waals surface area contributed by atoms with Crippen molar-refractivity contribution in [2.75, 3.05) is 19.8 Å². The summed E-state index contributed by atoms with van der Waals surface area (Å²) in [6.45, 7) is 3.32. The molecular weight excluding hydrogens is 164 g/mol. The van der Waals surface area contributed by atoms with Crippen LogP contribution in [0.25, 0.3) is 0 Å². The minimum absolute atomic E-state index is 0.0987. The van der Waals surface area contributed by atoms with E-state index < -0.39 is 0 Å². The minimum atomic E-state index is 0.0987. The van der Waals surface area contributed by atoms with Crippen LogP contribution >= 0.6 is 0 Å². The lowest BCUT2D eigenvalue weighted by Gasteiger charge is -2.11. The van der Waals surface area contributed by atoms with Crippen molar-refractivity contribution >= 4 is 0 Å². The first kappa shape index (κ1) is 10.2. The molecule has 0 aliphatic heterocycles. The van der Waals surface area contributed by atoms with Gasteiger partial charge < -0.3 is 9.84 Å². The fourth-order valence-corrected chi connectivity index (χ4v) is 1.20. The molecule has 0 saturated heterocycles. The molecule has 72 valence electrons. The van der Waals surface area contributed by atoms with E-state index in [9.17, 15) is 0 Å². The fourth-order valence-electron chi connectivity index (χ4n) is 1.20. The standard InChI is InChI=1S/C11H16O2/c1-10(9-13-8-7-12)11-5-3-2-4-6-11/h2-6,10,12H,7-9H2,1H3. The van der Waals surface area contributed by atoms with Crippen LogP contribution in [-0.2, 0) is 4.74 Å².